The highest BCUT2D eigenvalue weighted by Crippen LogP contribution is 2.38. The minimum Gasteiger partial charge on any atom is -0.481 e. The lowest BCUT2D eigenvalue weighted by Crippen LogP contribution is -2.35. The van der Waals surface area contributed by atoms with E-state index in [1.807, 2.05) is 17.0 Å². The Bertz CT molecular complexity index is 496. The molecule has 2 fully saturated rings. The molecule has 2 heterocycles. The summed E-state index contributed by atoms with van der Waals surface area (Å²) in [5.74, 6) is -0.319. The zero-order valence-corrected chi connectivity index (χ0v) is 11.3. The van der Waals surface area contributed by atoms with Gasteiger partial charge in [0.2, 0.25) is 5.91 Å². The van der Waals surface area contributed by atoms with Gasteiger partial charge in [-0.15, -0.1) is 0 Å². The van der Waals surface area contributed by atoms with Crippen LogP contribution in [0.2, 0.25) is 0 Å². The van der Waals surface area contributed by atoms with Gasteiger partial charge in [-0.3, -0.25) is 9.59 Å². The fourth-order valence-corrected chi connectivity index (χ4v) is 3.47. The molecule has 0 radical (unpaired) electrons. The van der Waals surface area contributed by atoms with Crippen molar-refractivity contribution in [1.29, 1.82) is 0 Å². The Hall–Kier alpha value is -1.78. The first-order valence-electron chi connectivity index (χ1n) is 7.23. The van der Waals surface area contributed by atoms with E-state index in [2.05, 4.69) is 0 Å². The third-order valence-corrected chi connectivity index (χ3v) is 4.54. The summed E-state index contributed by atoms with van der Waals surface area (Å²) in [6.45, 7) is 0.748. The summed E-state index contributed by atoms with van der Waals surface area (Å²) in [4.78, 5) is 25.5. The van der Waals surface area contributed by atoms with Crippen LogP contribution in [0, 0.1) is 11.8 Å². The van der Waals surface area contributed by atoms with Crippen LogP contribution in [0.25, 0.3) is 0 Å². The minimum absolute atomic E-state index is 0.0291. The summed E-state index contributed by atoms with van der Waals surface area (Å²) in [5, 5.41) is 9.04. The van der Waals surface area contributed by atoms with E-state index in [9.17, 15) is 9.59 Å². The Kier molecular flexibility index (Phi) is 3.51. The van der Waals surface area contributed by atoms with E-state index in [1.54, 1.807) is 6.26 Å². The van der Waals surface area contributed by atoms with Crippen LogP contribution >= 0.6 is 0 Å². The van der Waals surface area contributed by atoms with Crippen LogP contribution < -0.4 is 0 Å². The van der Waals surface area contributed by atoms with E-state index in [0.717, 1.165) is 25.1 Å². The first kappa shape index (κ1) is 13.2. The lowest BCUT2D eigenvalue weighted by molar-refractivity contribution is -0.141. The summed E-state index contributed by atoms with van der Waals surface area (Å²) < 4.78 is 5.43. The lowest BCUT2D eigenvalue weighted by Gasteiger charge is -2.26. The van der Waals surface area contributed by atoms with Crippen molar-refractivity contribution in [1.82, 2.24) is 4.90 Å². The fraction of sp³-hybridized carbons (Fsp3) is 0.600. The van der Waals surface area contributed by atoms with Crippen molar-refractivity contribution in [3.05, 3.63) is 24.2 Å². The third-order valence-electron chi connectivity index (χ3n) is 4.54. The maximum absolute atomic E-state index is 12.6. The maximum Gasteiger partial charge on any atom is 0.306 e. The number of likely N-dealkylation sites (tertiary alicyclic amines) is 1. The predicted octanol–water partition coefficient (Wildman–Crippen LogP) is 2.44. The molecule has 20 heavy (non-hydrogen) atoms. The normalized spacial score (nSPS) is 29.8. The van der Waals surface area contributed by atoms with Crippen LogP contribution in [0.15, 0.2) is 22.8 Å². The van der Waals surface area contributed by atoms with E-state index in [4.69, 9.17) is 9.52 Å². The molecule has 1 aromatic rings. The molecule has 1 aliphatic carbocycles. The van der Waals surface area contributed by atoms with Gasteiger partial charge in [0.1, 0.15) is 5.76 Å². The van der Waals surface area contributed by atoms with Gasteiger partial charge in [0.05, 0.1) is 18.2 Å². The van der Waals surface area contributed by atoms with Crippen molar-refractivity contribution in [2.24, 2.45) is 11.8 Å². The van der Waals surface area contributed by atoms with Gasteiger partial charge in [-0.2, -0.15) is 0 Å². The van der Waals surface area contributed by atoms with Gasteiger partial charge in [0, 0.05) is 12.5 Å². The van der Waals surface area contributed by atoms with Gasteiger partial charge in [0.25, 0.3) is 0 Å². The van der Waals surface area contributed by atoms with Gasteiger partial charge in [0.15, 0.2) is 0 Å². The Morgan fingerprint density at radius 3 is 2.70 bits per heavy atom. The molecular weight excluding hydrogens is 258 g/mol. The highest BCUT2D eigenvalue weighted by atomic mass is 16.4. The second-order valence-electron chi connectivity index (χ2n) is 5.75. The molecule has 5 nitrogen and oxygen atoms in total. The molecule has 1 unspecified atom stereocenters. The molecule has 3 atom stereocenters. The SMILES string of the molecule is O=C(O)[C@@H]1CC[C@H](C(=O)N2CCCC2c2ccco2)C1. The molecule has 0 spiro atoms. The van der Waals surface area contributed by atoms with Gasteiger partial charge < -0.3 is 14.4 Å². The minimum atomic E-state index is -0.774. The molecule has 5 heteroatoms. The summed E-state index contributed by atoms with van der Waals surface area (Å²) in [6.07, 6.45) is 5.32. The van der Waals surface area contributed by atoms with E-state index < -0.39 is 5.97 Å². The van der Waals surface area contributed by atoms with Gasteiger partial charge in [-0.05, 0) is 44.2 Å². The first-order chi connectivity index (χ1) is 9.66. The van der Waals surface area contributed by atoms with Crippen molar-refractivity contribution in [3.63, 3.8) is 0 Å². The number of hydrogen-bond donors (Lipinski definition) is 1. The predicted molar refractivity (Wildman–Crippen MR) is 70.9 cm³/mol. The number of amides is 1. The van der Waals surface area contributed by atoms with E-state index >= 15 is 0 Å². The number of carboxylic acids is 1. The molecule has 108 valence electrons. The zero-order valence-electron chi connectivity index (χ0n) is 11.3. The molecule has 1 saturated heterocycles. The monoisotopic (exact) mass is 277 g/mol. The van der Waals surface area contributed by atoms with Crippen molar-refractivity contribution < 1.29 is 19.1 Å². The molecular formula is C15H19NO4. The number of furan rings is 1. The summed E-state index contributed by atoms with van der Waals surface area (Å²) in [7, 11) is 0. The zero-order chi connectivity index (χ0) is 14.1. The Morgan fingerprint density at radius 2 is 2.05 bits per heavy atom. The highest BCUT2D eigenvalue weighted by molar-refractivity contribution is 5.81. The topological polar surface area (TPSA) is 70.8 Å². The Morgan fingerprint density at radius 1 is 1.25 bits per heavy atom. The molecule has 3 rings (SSSR count). The van der Waals surface area contributed by atoms with Crippen LogP contribution in [0.3, 0.4) is 0 Å². The summed E-state index contributed by atoms with van der Waals surface area (Å²) in [5.41, 5.74) is 0. The van der Waals surface area contributed by atoms with Crippen LogP contribution in [0.4, 0.5) is 0 Å². The van der Waals surface area contributed by atoms with Crippen LogP contribution in [0.5, 0.6) is 0 Å². The van der Waals surface area contributed by atoms with Crippen molar-refractivity contribution in [2.45, 2.75) is 38.1 Å². The number of carboxylic acid groups (broad SMARTS) is 1. The molecule has 2 aliphatic rings. The average Bonchev–Trinajstić information content (AvgIpc) is 3.17. The standard InChI is InChI=1S/C15H19NO4/c17-14(10-5-6-11(9-10)15(18)19)16-7-1-3-12(16)13-4-2-8-20-13/h2,4,8,10-12H,1,3,5-7,9H2,(H,18,19)/t10-,11+,12?/m0/s1. The van der Waals surface area contributed by atoms with Gasteiger partial charge in [-0.25, -0.2) is 0 Å². The fourth-order valence-electron chi connectivity index (χ4n) is 3.47. The number of carbonyl (C=O) groups is 2. The van der Waals surface area contributed by atoms with Crippen LogP contribution in [-0.2, 0) is 9.59 Å². The first-order valence-corrected chi connectivity index (χ1v) is 7.23. The van der Waals surface area contributed by atoms with Crippen molar-refractivity contribution in [3.8, 4) is 0 Å². The molecule has 1 N–H and O–H groups in total. The maximum atomic E-state index is 12.6. The van der Waals surface area contributed by atoms with Crippen LogP contribution in [-0.4, -0.2) is 28.4 Å². The molecule has 1 aromatic heterocycles. The third kappa shape index (κ3) is 2.32. The number of aliphatic carboxylic acids is 1. The number of carbonyl (C=O) groups excluding carboxylic acids is 1. The molecule has 1 aliphatic heterocycles. The lowest BCUT2D eigenvalue weighted by atomic mass is 10.0. The molecule has 0 bridgehead atoms. The van der Waals surface area contributed by atoms with Gasteiger partial charge in [-0.1, -0.05) is 0 Å². The quantitative estimate of drug-likeness (QED) is 0.921. The number of rotatable bonds is 3. The molecule has 1 amide bonds. The highest BCUT2D eigenvalue weighted by Gasteiger charge is 2.40. The number of hydrogen-bond acceptors (Lipinski definition) is 3. The Balaban J connectivity index is 1.69. The largest absolute Gasteiger partial charge is 0.481 e. The van der Waals surface area contributed by atoms with Crippen molar-refractivity contribution >= 4 is 11.9 Å². The van der Waals surface area contributed by atoms with Gasteiger partial charge >= 0.3 is 5.97 Å². The average molecular weight is 277 g/mol. The number of nitrogens with zero attached hydrogens (tertiary/aromatic N) is 1. The van der Waals surface area contributed by atoms with Crippen molar-refractivity contribution in [2.75, 3.05) is 6.54 Å². The summed E-state index contributed by atoms with van der Waals surface area (Å²) in [6, 6.07) is 3.78. The van der Waals surface area contributed by atoms with E-state index in [-0.39, 0.29) is 23.8 Å². The van der Waals surface area contributed by atoms with E-state index in [1.165, 1.54) is 0 Å². The molecule has 0 aromatic carbocycles. The van der Waals surface area contributed by atoms with Crippen LogP contribution in [0.1, 0.15) is 43.9 Å². The summed E-state index contributed by atoms with van der Waals surface area (Å²) >= 11 is 0. The van der Waals surface area contributed by atoms with E-state index in [0.29, 0.717) is 19.3 Å². The second-order valence-corrected chi connectivity index (χ2v) is 5.75. The second kappa shape index (κ2) is 5.31. The Labute approximate surface area is 117 Å². The molecule has 1 saturated carbocycles. The smallest absolute Gasteiger partial charge is 0.306 e.